The highest BCUT2D eigenvalue weighted by molar-refractivity contribution is 6.30. The van der Waals surface area contributed by atoms with Crippen molar-refractivity contribution in [2.24, 2.45) is 5.92 Å². The van der Waals surface area contributed by atoms with E-state index in [1.807, 2.05) is 18.2 Å². The van der Waals surface area contributed by atoms with E-state index in [-0.39, 0.29) is 0 Å². The van der Waals surface area contributed by atoms with E-state index in [1.165, 1.54) is 25.7 Å². The third kappa shape index (κ3) is 4.69. The van der Waals surface area contributed by atoms with Gasteiger partial charge in [-0.3, -0.25) is 0 Å². The minimum absolute atomic E-state index is 0.541. The second-order valence-electron chi connectivity index (χ2n) is 5.56. The zero-order valence-corrected chi connectivity index (χ0v) is 13.7. The molecule has 1 aromatic heterocycles. The molecule has 2 nitrogen and oxygen atoms in total. The van der Waals surface area contributed by atoms with Crippen LogP contribution in [0, 0.1) is 5.92 Å². The third-order valence-corrected chi connectivity index (χ3v) is 4.23. The van der Waals surface area contributed by atoms with Crippen molar-refractivity contribution in [2.45, 2.75) is 46.1 Å². The minimum Gasteiger partial charge on any atom is -0.376 e. The first-order chi connectivity index (χ1) is 10.2. The average Bonchev–Trinajstić information content (AvgIpc) is 2.51. The molecule has 2 aromatic rings. The lowest BCUT2D eigenvalue weighted by atomic mass is 10.0. The summed E-state index contributed by atoms with van der Waals surface area (Å²) in [4.78, 5) is 4.43. The lowest BCUT2D eigenvalue weighted by molar-refractivity contribution is 0.0819. The molecule has 0 aliphatic carbocycles. The van der Waals surface area contributed by atoms with E-state index in [9.17, 15) is 0 Å². The van der Waals surface area contributed by atoms with E-state index in [4.69, 9.17) is 16.3 Å². The zero-order chi connectivity index (χ0) is 15.1. The van der Waals surface area contributed by atoms with Crippen LogP contribution in [0.5, 0.6) is 0 Å². The second kappa shape index (κ2) is 8.35. The van der Waals surface area contributed by atoms with Gasteiger partial charge < -0.3 is 4.74 Å². The van der Waals surface area contributed by atoms with Crippen molar-refractivity contribution in [1.82, 2.24) is 4.98 Å². The van der Waals surface area contributed by atoms with Crippen LogP contribution >= 0.6 is 11.6 Å². The molecule has 0 N–H and O–H groups in total. The molecule has 21 heavy (non-hydrogen) atoms. The number of para-hydroxylation sites is 1. The lowest BCUT2D eigenvalue weighted by Crippen LogP contribution is -2.09. The van der Waals surface area contributed by atoms with E-state index in [0.29, 0.717) is 17.7 Å². The Morgan fingerprint density at radius 1 is 1.24 bits per heavy atom. The number of halogens is 1. The monoisotopic (exact) mass is 305 g/mol. The Labute approximate surface area is 132 Å². The Kier molecular flexibility index (Phi) is 6.47. The highest BCUT2D eigenvalue weighted by Gasteiger charge is 2.08. The van der Waals surface area contributed by atoms with E-state index in [0.717, 1.165) is 23.1 Å². The van der Waals surface area contributed by atoms with Gasteiger partial charge in [0.05, 0.1) is 12.1 Å². The fourth-order valence-electron chi connectivity index (χ4n) is 2.47. The van der Waals surface area contributed by atoms with Gasteiger partial charge in [0.15, 0.2) is 0 Å². The Balaban J connectivity index is 1.95. The lowest BCUT2D eigenvalue weighted by Gasteiger charge is -2.15. The molecule has 0 amide bonds. The Morgan fingerprint density at radius 3 is 2.81 bits per heavy atom. The van der Waals surface area contributed by atoms with Gasteiger partial charge in [0.1, 0.15) is 5.15 Å². The third-order valence-electron chi connectivity index (χ3n) is 3.90. The van der Waals surface area contributed by atoms with Crippen LogP contribution in [0.3, 0.4) is 0 Å². The van der Waals surface area contributed by atoms with E-state index in [1.54, 1.807) is 0 Å². The molecule has 0 spiro atoms. The van der Waals surface area contributed by atoms with Gasteiger partial charge in [0.2, 0.25) is 0 Å². The molecule has 0 aliphatic rings. The molecule has 1 aromatic carbocycles. The van der Waals surface area contributed by atoms with Crippen molar-refractivity contribution in [3.8, 4) is 0 Å². The van der Waals surface area contributed by atoms with E-state index in [2.05, 4.69) is 31.0 Å². The Bertz CT molecular complexity index is 570. The summed E-state index contributed by atoms with van der Waals surface area (Å²) < 4.78 is 5.88. The molecule has 2 rings (SSSR count). The summed E-state index contributed by atoms with van der Waals surface area (Å²) in [5, 5.41) is 1.66. The van der Waals surface area contributed by atoms with Crippen LogP contribution in [0.4, 0.5) is 0 Å². The number of benzene rings is 1. The first-order valence-electron chi connectivity index (χ1n) is 7.86. The van der Waals surface area contributed by atoms with Gasteiger partial charge in [0.25, 0.3) is 0 Å². The highest BCUT2D eigenvalue weighted by Crippen LogP contribution is 2.22. The van der Waals surface area contributed by atoms with Gasteiger partial charge >= 0.3 is 0 Å². The number of pyridine rings is 1. The van der Waals surface area contributed by atoms with E-state index >= 15 is 0 Å². The summed E-state index contributed by atoms with van der Waals surface area (Å²) in [5.41, 5.74) is 1.90. The number of ether oxygens (including phenoxy) is 1. The summed E-state index contributed by atoms with van der Waals surface area (Å²) in [7, 11) is 0. The number of hydrogen-bond acceptors (Lipinski definition) is 2. The number of aromatic nitrogens is 1. The van der Waals surface area contributed by atoms with Gasteiger partial charge in [-0.2, -0.15) is 0 Å². The second-order valence-corrected chi connectivity index (χ2v) is 5.92. The predicted octanol–water partition coefficient (Wildman–Crippen LogP) is 5.62. The van der Waals surface area contributed by atoms with Crippen LogP contribution in [-0.4, -0.2) is 11.6 Å². The summed E-state index contributed by atoms with van der Waals surface area (Å²) >= 11 is 6.24. The Morgan fingerprint density at radius 2 is 2.05 bits per heavy atom. The smallest absolute Gasteiger partial charge is 0.135 e. The van der Waals surface area contributed by atoms with Crippen molar-refractivity contribution in [3.05, 3.63) is 41.0 Å². The number of unbranched alkanes of at least 4 members (excludes halogenated alkanes) is 1. The van der Waals surface area contributed by atoms with Gasteiger partial charge in [-0.1, -0.05) is 62.9 Å². The van der Waals surface area contributed by atoms with Crippen LogP contribution in [0.15, 0.2) is 30.3 Å². The first kappa shape index (κ1) is 16.3. The number of hydrogen-bond donors (Lipinski definition) is 0. The van der Waals surface area contributed by atoms with Crippen molar-refractivity contribution in [2.75, 3.05) is 6.61 Å². The van der Waals surface area contributed by atoms with Crippen molar-refractivity contribution >= 4 is 22.5 Å². The molecule has 3 heteroatoms. The minimum atomic E-state index is 0.541. The van der Waals surface area contributed by atoms with Crippen molar-refractivity contribution < 1.29 is 4.74 Å². The topological polar surface area (TPSA) is 22.1 Å². The Hall–Kier alpha value is -1.12. The van der Waals surface area contributed by atoms with Gasteiger partial charge in [0, 0.05) is 17.6 Å². The molecule has 1 atom stereocenters. The highest BCUT2D eigenvalue weighted by atomic mass is 35.5. The molecule has 0 radical (unpaired) electrons. The molecule has 0 saturated heterocycles. The van der Waals surface area contributed by atoms with Crippen LogP contribution < -0.4 is 0 Å². The number of nitrogens with zero attached hydrogens (tertiary/aromatic N) is 1. The largest absolute Gasteiger partial charge is 0.376 e. The summed E-state index contributed by atoms with van der Waals surface area (Å²) in [6.45, 7) is 5.81. The van der Waals surface area contributed by atoms with Gasteiger partial charge in [-0.15, -0.1) is 0 Å². The average molecular weight is 306 g/mol. The fraction of sp³-hybridized carbons (Fsp3) is 0.500. The van der Waals surface area contributed by atoms with Crippen LogP contribution in [0.25, 0.3) is 10.9 Å². The molecule has 0 fully saturated rings. The van der Waals surface area contributed by atoms with Gasteiger partial charge in [-0.05, 0) is 24.5 Å². The van der Waals surface area contributed by atoms with E-state index < -0.39 is 0 Å². The molecular formula is C18H24ClNO. The molecule has 1 heterocycles. The molecule has 0 aliphatic heterocycles. The van der Waals surface area contributed by atoms with Crippen LogP contribution in [0.2, 0.25) is 5.15 Å². The zero-order valence-electron chi connectivity index (χ0n) is 12.9. The maximum absolute atomic E-state index is 6.24. The maximum Gasteiger partial charge on any atom is 0.135 e. The SMILES string of the molecule is CCCCC(CC)COCc1cc2ccccc2nc1Cl. The predicted molar refractivity (Wildman–Crippen MR) is 89.7 cm³/mol. The van der Waals surface area contributed by atoms with Crippen molar-refractivity contribution in [3.63, 3.8) is 0 Å². The maximum atomic E-state index is 6.24. The summed E-state index contributed by atoms with van der Waals surface area (Å²) in [6, 6.07) is 10.1. The molecule has 1 unspecified atom stereocenters. The number of fused-ring (bicyclic) bond motifs is 1. The fourth-order valence-corrected chi connectivity index (χ4v) is 2.67. The van der Waals surface area contributed by atoms with Crippen molar-refractivity contribution in [1.29, 1.82) is 0 Å². The molecule has 0 saturated carbocycles. The first-order valence-corrected chi connectivity index (χ1v) is 8.24. The molecule has 114 valence electrons. The number of rotatable bonds is 8. The normalized spacial score (nSPS) is 12.7. The van der Waals surface area contributed by atoms with Crippen LogP contribution in [0.1, 0.15) is 45.1 Å². The summed E-state index contributed by atoms with van der Waals surface area (Å²) in [6.07, 6.45) is 4.94. The van der Waals surface area contributed by atoms with Gasteiger partial charge in [-0.25, -0.2) is 4.98 Å². The quantitative estimate of drug-likeness (QED) is 0.590. The molecular weight excluding hydrogens is 282 g/mol. The standard InChI is InChI=1S/C18H24ClNO/c1-3-5-8-14(4-2)12-21-13-16-11-15-9-6-7-10-17(15)20-18(16)19/h6-7,9-11,14H,3-5,8,12-13H2,1-2H3. The van der Waals surface area contributed by atoms with Crippen LogP contribution in [-0.2, 0) is 11.3 Å². The summed E-state index contributed by atoms with van der Waals surface area (Å²) in [5.74, 6) is 0.650. The molecule has 0 bridgehead atoms.